The Bertz CT molecular complexity index is 245. The topological polar surface area (TPSA) is 34.1 Å². The Balaban J connectivity index is 5.08. The highest BCUT2D eigenvalue weighted by atomic mass is 35.7. The second kappa shape index (κ2) is 2.34. The maximum atomic E-state index is 11.5. The number of rotatable bonds is 1. The van der Waals surface area contributed by atoms with Crippen LogP contribution < -0.4 is 0 Å². The molecule has 0 amide bonds. The van der Waals surface area contributed by atoms with Crippen LogP contribution in [-0.2, 0) is 9.05 Å². The van der Waals surface area contributed by atoms with Crippen molar-refractivity contribution in [2.24, 2.45) is 0 Å². The SMILES string of the molecule is [2H]C([2H])(C(F)(F)F)S(=O)(=O)Cl. The van der Waals surface area contributed by atoms with Crippen molar-refractivity contribution in [1.29, 1.82) is 0 Å². The minimum atomic E-state index is -5.51. The fourth-order valence-corrected chi connectivity index (χ4v) is 0.677. The highest BCUT2D eigenvalue weighted by molar-refractivity contribution is 8.13. The van der Waals surface area contributed by atoms with Crippen molar-refractivity contribution >= 4 is 19.7 Å². The molecule has 7 heteroatoms. The zero-order valence-electron chi connectivity index (χ0n) is 5.74. The van der Waals surface area contributed by atoms with Gasteiger partial charge in [-0.15, -0.1) is 0 Å². The lowest BCUT2D eigenvalue weighted by Gasteiger charge is -2.00. The molecule has 0 aliphatic carbocycles. The molecule has 0 fully saturated rings. The highest BCUT2D eigenvalue weighted by Gasteiger charge is 2.33. The quantitative estimate of drug-likeness (QED) is 0.573. The summed E-state index contributed by atoms with van der Waals surface area (Å²) in [6, 6.07) is 0. The Morgan fingerprint density at radius 1 is 1.56 bits per heavy atom. The normalized spacial score (nSPS) is 18.7. The standard InChI is InChI=1S/C2H2ClF3O2S/c3-9(7,8)1-2(4,5)6/h1H2/i1D2. The molecule has 0 atom stereocenters. The lowest BCUT2D eigenvalue weighted by Crippen LogP contribution is -2.18. The lowest BCUT2D eigenvalue weighted by atomic mass is 10.8. The van der Waals surface area contributed by atoms with Gasteiger partial charge in [0.05, 0.1) is 2.74 Å². The van der Waals surface area contributed by atoms with Crippen LogP contribution in [0, 0.1) is 0 Å². The van der Waals surface area contributed by atoms with Crippen molar-refractivity contribution in [1.82, 2.24) is 0 Å². The summed E-state index contributed by atoms with van der Waals surface area (Å²) < 4.78 is 66.5. The summed E-state index contributed by atoms with van der Waals surface area (Å²) in [6.45, 7) is 0. The molecule has 0 aromatic rings. The minimum absolute atomic E-state index is 4.19. The average molecular weight is 185 g/mol. The van der Waals surface area contributed by atoms with E-state index in [0.29, 0.717) is 0 Å². The van der Waals surface area contributed by atoms with Gasteiger partial charge in [0.25, 0.3) is 0 Å². The Labute approximate surface area is 56.8 Å². The second-order valence-corrected chi connectivity index (χ2v) is 3.34. The summed E-state index contributed by atoms with van der Waals surface area (Å²) >= 11 is 0. The van der Waals surface area contributed by atoms with Gasteiger partial charge in [-0.3, -0.25) is 0 Å². The summed E-state index contributed by atoms with van der Waals surface area (Å²) in [5, 5.41) is 0. The van der Waals surface area contributed by atoms with E-state index in [2.05, 4.69) is 10.7 Å². The van der Waals surface area contributed by atoms with Gasteiger partial charge >= 0.3 is 6.18 Å². The zero-order chi connectivity index (χ0) is 9.50. The fraction of sp³-hybridized carbons (Fsp3) is 1.00. The van der Waals surface area contributed by atoms with E-state index in [4.69, 9.17) is 2.74 Å². The zero-order valence-corrected chi connectivity index (χ0v) is 5.31. The third kappa shape index (κ3) is 8.03. The average Bonchev–Trinajstić information content (AvgIpc) is 1.58. The molecule has 0 spiro atoms. The molecule has 0 bridgehead atoms. The van der Waals surface area contributed by atoms with Crippen LogP contribution in [0.3, 0.4) is 0 Å². The molecule has 0 rings (SSSR count). The summed E-state index contributed by atoms with van der Waals surface area (Å²) in [4.78, 5) is 0. The molecule has 0 aliphatic rings. The van der Waals surface area contributed by atoms with Gasteiger partial charge in [-0.1, -0.05) is 0 Å². The molecule has 0 aliphatic heterocycles. The van der Waals surface area contributed by atoms with Crippen molar-refractivity contribution in [2.75, 3.05) is 5.70 Å². The molecule has 0 saturated carbocycles. The first kappa shape index (κ1) is 5.79. The van der Waals surface area contributed by atoms with E-state index in [9.17, 15) is 21.6 Å². The minimum Gasteiger partial charge on any atom is -0.212 e. The maximum absolute atomic E-state index is 11.5. The molecule has 2 nitrogen and oxygen atoms in total. The van der Waals surface area contributed by atoms with E-state index in [1.54, 1.807) is 0 Å². The summed E-state index contributed by atoms with van der Waals surface area (Å²) in [5.41, 5.74) is -4.39. The number of halogens is 4. The van der Waals surface area contributed by atoms with Gasteiger partial charge in [-0.2, -0.15) is 13.2 Å². The van der Waals surface area contributed by atoms with E-state index >= 15 is 0 Å². The third-order valence-electron chi connectivity index (χ3n) is 0.238. The molecule has 0 unspecified atom stereocenters. The Morgan fingerprint density at radius 2 is 1.89 bits per heavy atom. The van der Waals surface area contributed by atoms with E-state index in [1.165, 1.54) is 0 Å². The monoisotopic (exact) mass is 184 g/mol. The van der Waals surface area contributed by atoms with Crippen molar-refractivity contribution in [3.63, 3.8) is 0 Å². The molecule has 0 radical (unpaired) electrons. The Kier molecular flexibility index (Phi) is 1.50. The van der Waals surface area contributed by atoms with Gasteiger partial charge < -0.3 is 0 Å². The lowest BCUT2D eigenvalue weighted by molar-refractivity contribution is -0.106. The van der Waals surface area contributed by atoms with Crippen molar-refractivity contribution in [3.8, 4) is 0 Å². The van der Waals surface area contributed by atoms with Gasteiger partial charge in [0.1, 0.15) is 0 Å². The first-order valence-corrected chi connectivity index (χ1v) is 3.82. The number of hydrogen-bond donors (Lipinski definition) is 0. The summed E-state index contributed by atoms with van der Waals surface area (Å²) in [5.74, 6) is 0. The summed E-state index contributed by atoms with van der Waals surface area (Å²) in [6.07, 6.45) is -5.51. The third-order valence-corrected chi connectivity index (χ3v) is 0.944. The van der Waals surface area contributed by atoms with Crippen molar-refractivity contribution in [3.05, 3.63) is 0 Å². The Hall–Kier alpha value is 0.0300. The van der Waals surface area contributed by atoms with Gasteiger partial charge in [0.15, 0.2) is 5.70 Å². The molecule has 56 valence electrons. The first-order chi connectivity index (χ1) is 4.50. The van der Waals surface area contributed by atoms with Crippen LogP contribution in [0.4, 0.5) is 13.2 Å². The van der Waals surface area contributed by atoms with Gasteiger partial charge in [0.2, 0.25) is 9.05 Å². The van der Waals surface area contributed by atoms with Crippen molar-refractivity contribution < 1.29 is 24.3 Å². The molecule has 0 heterocycles. The van der Waals surface area contributed by atoms with Gasteiger partial charge in [-0.05, 0) is 0 Å². The number of alkyl halides is 3. The van der Waals surface area contributed by atoms with E-state index in [1.807, 2.05) is 0 Å². The van der Waals surface area contributed by atoms with E-state index in [-0.39, 0.29) is 0 Å². The molecular formula is C2H2ClF3O2S. The second-order valence-electron chi connectivity index (χ2n) is 1.04. The maximum Gasteiger partial charge on any atom is 0.404 e. The Morgan fingerprint density at radius 3 is 1.89 bits per heavy atom. The molecule has 0 aromatic heterocycles. The van der Waals surface area contributed by atoms with Crippen LogP contribution in [-0.4, -0.2) is 20.3 Å². The first-order valence-electron chi connectivity index (χ1n) is 2.51. The van der Waals surface area contributed by atoms with Crippen LogP contribution in [0.25, 0.3) is 0 Å². The molecule has 9 heavy (non-hydrogen) atoms. The fourth-order valence-electron chi connectivity index (χ4n) is 0.138. The number of hydrogen-bond acceptors (Lipinski definition) is 2. The van der Waals surface area contributed by atoms with Crippen molar-refractivity contribution in [2.45, 2.75) is 6.18 Å². The largest absolute Gasteiger partial charge is 0.404 e. The highest BCUT2D eigenvalue weighted by Crippen LogP contribution is 2.18. The predicted molar refractivity (Wildman–Crippen MR) is 25.7 cm³/mol. The smallest absolute Gasteiger partial charge is 0.212 e. The molecular weight excluding hydrogens is 181 g/mol. The van der Waals surface area contributed by atoms with Crippen LogP contribution in [0.2, 0.25) is 0 Å². The van der Waals surface area contributed by atoms with Crippen LogP contribution in [0.15, 0.2) is 0 Å². The molecule has 0 aromatic carbocycles. The van der Waals surface area contributed by atoms with E-state index in [0.717, 1.165) is 0 Å². The van der Waals surface area contributed by atoms with Crippen LogP contribution >= 0.6 is 10.7 Å². The molecule has 0 saturated heterocycles. The van der Waals surface area contributed by atoms with Gasteiger partial charge in [-0.25, -0.2) is 8.42 Å². The van der Waals surface area contributed by atoms with Gasteiger partial charge in [0, 0.05) is 10.7 Å². The predicted octanol–water partition coefficient (Wildman–Crippen LogP) is 1.12. The molecule has 0 N–H and O–H groups in total. The van der Waals surface area contributed by atoms with Crippen LogP contribution in [0.1, 0.15) is 2.74 Å². The summed E-state index contributed by atoms with van der Waals surface area (Å²) in [7, 11) is -1.09. The van der Waals surface area contributed by atoms with Crippen LogP contribution in [0.5, 0.6) is 0 Å². The van der Waals surface area contributed by atoms with E-state index < -0.39 is 20.9 Å².